The van der Waals surface area contributed by atoms with Crippen LogP contribution in [0.15, 0.2) is 12.7 Å². The molecule has 1 heterocycles. The van der Waals surface area contributed by atoms with Gasteiger partial charge in [0.1, 0.15) is 24.4 Å². The van der Waals surface area contributed by atoms with E-state index in [4.69, 9.17) is 18.9 Å². The van der Waals surface area contributed by atoms with Crippen LogP contribution < -0.4 is 0 Å². The Balaban J connectivity index is 2.83. The molecule has 1 N–H and O–H groups in total. The van der Waals surface area contributed by atoms with Gasteiger partial charge >= 0.3 is 0 Å². The van der Waals surface area contributed by atoms with E-state index < -0.39 is 30.7 Å². The molecule has 15 heavy (non-hydrogen) atoms. The maximum absolute atomic E-state index is 9.89. The van der Waals surface area contributed by atoms with Gasteiger partial charge in [-0.1, -0.05) is 6.08 Å². The van der Waals surface area contributed by atoms with Gasteiger partial charge in [-0.05, 0) is 0 Å². The van der Waals surface area contributed by atoms with Gasteiger partial charge in [-0.15, -0.1) is 6.58 Å². The molecule has 0 aliphatic carbocycles. The quantitative estimate of drug-likeness (QED) is 0.670. The van der Waals surface area contributed by atoms with Gasteiger partial charge in [-0.25, -0.2) is 0 Å². The smallest absolute Gasteiger partial charge is 0.186 e. The number of rotatable bonds is 4. The summed E-state index contributed by atoms with van der Waals surface area (Å²) in [6.45, 7) is 3.59. The van der Waals surface area contributed by atoms with Crippen LogP contribution >= 0.6 is 0 Å². The van der Waals surface area contributed by atoms with Crippen molar-refractivity contribution in [1.29, 1.82) is 0 Å². The van der Waals surface area contributed by atoms with Crippen molar-refractivity contribution in [2.75, 3.05) is 21.3 Å². The molecule has 5 heteroatoms. The Kier molecular flexibility index (Phi) is 4.69. The highest BCUT2D eigenvalue weighted by atomic mass is 16.7. The molecule has 5 atom stereocenters. The zero-order chi connectivity index (χ0) is 11.4. The third-order valence-corrected chi connectivity index (χ3v) is 2.57. The summed E-state index contributed by atoms with van der Waals surface area (Å²) in [7, 11) is 4.55. The lowest BCUT2D eigenvalue weighted by molar-refractivity contribution is -0.289. The first kappa shape index (κ1) is 12.6. The molecule has 88 valence electrons. The van der Waals surface area contributed by atoms with Gasteiger partial charge in [0.2, 0.25) is 0 Å². The monoisotopic (exact) mass is 218 g/mol. The fourth-order valence-electron chi connectivity index (χ4n) is 1.75. The van der Waals surface area contributed by atoms with Crippen molar-refractivity contribution in [2.45, 2.75) is 30.7 Å². The lowest BCUT2D eigenvalue weighted by Gasteiger charge is -2.41. The van der Waals surface area contributed by atoms with Crippen molar-refractivity contribution in [3.63, 3.8) is 0 Å². The minimum atomic E-state index is -0.802. The highest BCUT2D eigenvalue weighted by molar-refractivity contribution is 4.98. The van der Waals surface area contributed by atoms with Gasteiger partial charge in [-0.3, -0.25) is 0 Å². The van der Waals surface area contributed by atoms with Crippen LogP contribution in [0.2, 0.25) is 0 Å². The normalized spacial score (nSPS) is 41.5. The molecular formula is C10H18O5. The van der Waals surface area contributed by atoms with Gasteiger partial charge in [0.05, 0.1) is 0 Å². The predicted octanol–water partition coefficient (Wildman–Crippen LogP) is -0.0654. The molecule has 0 amide bonds. The molecule has 0 radical (unpaired) electrons. The van der Waals surface area contributed by atoms with Crippen molar-refractivity contribution in [3.8, 4) is 0 Å². The Hall–Kier alpha value is -0.460. The van der Waals surface area contributed by atoms with Gasteiger partial charge in [0.25, 0.3) is 0 Å². The molecule has 0 aromatic rings. The Morgan fingerprint density at radius 1 is 1.13 bits per heavy atom. The molecule has 0 spiro atoms. The van der Waals surface area contributed by atoms with E-state index in [9.17, 15) is 5.11 Å². The fourth-order valence-corrected chi connectivity index (χ4v) is 1.75. The summed E-state index contributed by atoms with van der Waals surface area (Å²) in [6.07, 6.45) is -1.29. The van der Waals surface area contributed by atoms with Crippen molar-refractivity contribution in [2.24, 2.45) is 0 Å². The largest absolute Gasteiger partial charge is 0.387 e. The summed E-state index contributed by atoms with van der Waals surface area (Å²) in [5, 5.41) is 9.89. The third kappa shape index (κ3) is 2.38. The van der Waals surface area contributed by atoms with Crippen LogP contribution in [0.5, 0.6) is 0 Å². The number of methoxy groups -OCH3 is 3. The predicted molar refractivity (Wildman–Crippen MR) is 53.5 cm³/mol. The minimum absolute atomic E-state index is 0.453. The molecule has 1 fully saturated rings. The van der Waals surface area contributed by atoms with E-state index in [1.165, 1.54) is 27.4 Å². The van der Waals surface area contributed by atoms with E-state index in [2.05, 4.69) is 6.58 Å². The van der Waals surface area contributed by atoms with E-state index >= 15 is 0 Å². The molecule has 0 aromatic carbocycles. The van der Waals surface area contributed by atoms with Crippen LogP contribution in [-0.2, 0) is 18.9 Å². The summed E-state index contributed by atoms with van der Waals surface area (Å²) in [5.41, 5.74) is 0. The second kappa shape index (κ2) is 5.58. The first-order valence-electron chi connectivity index (χ1n) is 4.74. The Morgan fingerprint density at radius 3 is 2.13 bits per heavy atom. The summed E-state index contributed by atoms with van der Waals surface area (Å²) in [4.78, 5) is 0. The highest BCUT2D eigenvalue weighted by Gasteiger charge is 2.45. The van der Waals surface area contributed by atoms with E-state index in [0.29, 0.717) is 0 Å². The summed E-state index contributed by atoms with van der Waals surface area (Å²) in [6, 6.07) is 0. The molecule has 0 saturated carbocycles. The van der Waals surface area contributed by atoms with Crippen molar-refractivity contribution >= 4 is 0 Å². The Bertz CT molecular complexity index is 208. The highest BCUT2D eigenvalue weighted by Crippen LogP contribution is 2.25. The number of hydrogen-bond donors (Lipinski definition) is 1. The van der Waals surface area contributed by atoms with Gasteiger partial charge < -0.3 is 24.1 Å². The Morgan fingerprint density at radius 2 is 1.73 bits per heavy atom. The molecule has 0 bridgehead atoms. The second-order valence-electron chi connectivity index (χ2n) is 3.33. The molecule has 0 unspecified atom stereocenters. The maximum Gasteiger partial charge on any atom is 0.186 e. The van der Waals surface area contributed by atoms with Crippen LogP contribution in [0.1, 0.15) is 0 Å². The first-order valence-corrected chi connectivity index (χ1v) is 4.74. The molecule has 1 aliphatic heterocycles. The number of hydrogen-bond acceptors (Lipinski definition) is 5. The second-order valence-corrected chi connectivity index (χ2v) is 3.33. The topological polar surface area (TPSA) is 57.2 Å². The van der Waals surface area contributed by atoms with Crippen molar-refractivity contribution in [3.05, 3.63) is 12.7 Å². The molecule has 5 nitrogen and oxygen atoms in total. The van der Waals surface area contributed by atoms with Crippen LogP contribution in [-0.4, -0.2) is 57.1 Å². The Labute approximate surface area is 89.6 Å². The fraction of sp³-hybridized carbons (Fsp3) is 0.800. The van der Waals surface area contributed by atoms with Crippen LogP contribution in [0, 0.1) is 0 Å². The summed E-state index contributed by atoms with van der Waals surface area (Å²) in [5.74, 6) is 0. The van der Waals surface area contributed by atoms with Crippen molar-refractivity contribution < 1.29 is 24.1 Å². The molecule has 1 rings (SSSR count). The number of aliphatic hydroxyl groups is 1. The van der Waals surface area contributed by atoms with Gasteiger partial charge in [-0.2, -0.15) is 0 Å². The lowest BCUT2D eigenvalue weighted by Crippen LogP contribution is -2.58. The third-order valence-electron chi connectivity index (χ3n) is 2.57. The minimum Gasteiger partial charge on any atom is -0.387 e. The van der Waals surface area contributed by atoms with Crippen LogP contribution in [0.3, 0.4) is 0 Å². The maximum atomic E-state index is 9.89. The molecule has 0 aromatic heterocycles. The first-order chi connectivity index (χ1) is 7.19. The average molecular weight is 218 g/mol. The van der Waals surface area contributed by atoms with Gasteiger partial charge in [0.15, 0.2) is 6.29 Å². The molecule has 1 saturated heterocycles. The molecular weight excluding hydrogens is 200 g/mol. The van der Waals surface area contributed by atoms with Crippen LogP contribution in [0.4, 0.5) is 0 Å². The SMILES string of the molecule is C=C[C@H]1O[C@H](OC)[C@H](OC)[C@@H](OC)[C@@H]1O. The van der Waals surface area contributed by atoms with E-state index in [1.807, 2.05) is 0 Å². The van der Waals surface area contributed by atoms with E-state index in [0.717, 1.165) is 0 Å². The zero-order valence-corrected chi connectivity index (χ0v) is 9.25. The number of ether oxygens (including phenoxy) is 4. The average Bonchev–Trinajstić information content (AvgIpc) is 2.28. The number of aliphatic hydroxyl groups excluding tert-OH is 1. The summed E-state index contributed by atoms with van der Waals surface area (Å²) >= 11 is 0. The van der Waals surface area contributed by atoms with Crippen molar-refractivity contribution in [1.82, 2.24) is 0 Å². The molecule has 1 aliphatic rings. The summed E-state index contributed by atoms with van der Waals surface area (Å²) < 4.78 is 20.9. The van der Waals surface area contributed by atoms with Gasteiger partial charge in [0, 0.05) is 21.3 Å². The van der Waals surface area contributed by atoms with E-state index in [-0.39, 0.29) is 0 Å². The lowest BCUT2D eigenvalue weighted by atomic mass is 9.98. The zero-order valence-electron chi connectivity index (χ0n) is 9.25. The standard InChI is InChI=1S/C10H18O5/c1-5-6-7(11)8(12-2)9(13-3)10(14-4)15-6/h5-11H,1H2,2-4H3/t6-,7-,8+,9-,10+/m1/s1. The van der Waals surface area contributed by atoms with Crippen LogP contribution in [0.25, 0.3) is 0 Å². The van der Waals surface area contributed by atoms with E-state index in [1.54, 1.807) is 0 Å².